The second kappa shape index (κ2) is 5.80. The molecular weight excluding hydrogens is 224 g/mol. The van der Waals surface area contributed by atoms with Crippen LogP contribution < -0.4 is 0 Å². The van der Waals surface area contributed by atoms with Crippen molar-refractivity contribution < 1.29 is 13.7 Å². The molecule has 1 fully saturated rings. The number of ether oxygens (including phenoxy) is 1. The van der Waals surface area contributed by atoms with Crippen LogP contribution in [0, 0.1) is 5.41 Å². The summed E-state index contributed by atoms with van der Waals surface area (Å²) < 4.78 is 16.8. The lowest BCUT2D eigenvalue weighted by Gasteiger charge is -2.17. The van der Waals surface area contributed by atoms with Crippen molar-refractivity contribution in [3.63, 3.8) is 0 Å². The highest BCUT2D eigenvalue weighted by atomic mass is 32.2. The third kappa shape index (κ3) is 3.58. The van der Waals surface area contributed by atoms with Crippen molar-refractivity contribution in [1.82, 2.24) is 0 Å². The van der Waals surface area contributed by atoms with Gasteiger partial charge in [0.15, 0.2) is 0 Å². The van der Waals surface area contributed by atoms with Crippen molar-refractivity contribution in [3.8, 4) is 0 Å². The minimum Gasteiger partial charge on any atom is -0.469 e. The molecule has 94 valence electrons. The fourth-order valence-electron chi connectivity index (χ4n) is 2.01. The van der Waals surface area contributed by atoms with E-state index < -0.39 is 10.8 Å². The third-order valence-electron chi connectivity index (χ3n) is 3.44. The Labute approximate surface area is 100 Å². The molecule has 0 N–H and O–H groups in total. The highest BCUT2D eigenvalue weighted by Gasteiger charge is 2.46. The van der Waals surface area contributed by atoms with E-state index in [0.29, 0.717) is 12.2 Å². The van der Waals surface area contributed by atoms with Gasteiger partial charge in [0.1, 0.15) is 0 Å². The van der Waals surface area contributed by atoms with Gasteiger partial charge in [-0.2, -0.15) is 0 Å². The molecular formula is C12H22O3S. The molecule has 0 amide bonds. The van der Waals surface area contributed by atoms with Crippen molar-refractivity contribution in [2.45, 2.75) is 51.2 Å². The van der Waals surface area contributed by atoms with Gasteiger partial charge in [0.25, 0.3) is 0 Å². The Hall–Kier alpha value is -0.380. The standard InChI is InChI=1S/C12H22O3S/c1-4-10(5-2)16(14)9-12(6-7-12)8-11(13)15-3/h10H,4-9H2,1-3H3. The number of methoxy groups -OCH3 is 1. The summed E-state index contributed by atoms with van der Waals surface area (Å²) in [4.78, 5) is 11.2. The molecule has 0 bridgehead atoms. The zero-order chi connectivity index (χ0) is 12.2. The van der Waals surface area contributed by atoms with Crippen molar-refractivity contribution >= 4 is 16.8 Å². The SMILES string of the molecule is CCC(CC)S(=O)CC1(CC(=O)OC)CC1. The Morgan fingerprint density at radius 3 is 2.31 bits per heavy atom. The summed E-state index contributed by atoms with van der Waals surface area (Å²) in [6, 6.07) is 0. The minimum absolute atomic E-state index is 0.000540. The number of carbonyl (C=O) groups excluding carboxylic acids is 1. The average Bonchev–Trinajstić information content (AvgIpc) is 2.99. The lowest BCUT2D eigenvalue weighted by molar-refractivity contribution is -0.141. The smallest absolute Gasteiger partial charge is 0.306 e. The Balaban J connectivity index is 2.47. The van der Waals surface area contributed by atoms with Crippen molar-refractivity contribution in [3.05, 3.63) is 0 Å². The Morgan fingerprint density at radius 2 is 1.94 bits per heavy atom. The molecule has 0 aromatic carbocycles. The van der Waals surface area contributed by atoms with Gasteiger partial charge < -0.3 is 4.74 Å². The van der Waals surface area contributed by atoms with Gasteiger partial charge in [-0.15, -0.1) is 0 Å². The zero-order valence-corrected chi connectivity index (χ0v) is 11.3. The van der Waals surface area contributed by atoms with Gasteiger partial charge >= 0.3 is 5.97 Å². The lowest BCUT2D eigenvalue weighted by atomic mass is 10.1. The molecule has 0 aromatic rings. The van der Waals surface area contributed by atoms with E-state index in [2.05, 4.69) is 18.6 Å². The van der Waals surface area contributed by atoms with Gasteiger partial charge in [-0.05, 0) is 31.1 Å². The van der Waals surface area contributed by atoms with Crippen LogP contribution >= 0.6 is 0 Å². The molecule has 0 radical (unpaired) electrons. The molecule has 1 aliphatic carbocycles. The Bertz CT molecular complexity index is 267. The normalized spacial score (nSPS) is 19.5. The first-order valence-corrected chi connectivity index (χ1v) is 7.39. The molecule has 0 saturated heterocycles. The minimum atomic E-state index is -0.791. The number of hydrogen-bond acceptors (Lipinski definition) is 3. The summed E-state index contributed by atoms with van der Waals surface area (Å²) in [5, 5.41) is 0.287. The van der Waals surface area contributed by atoms with E-state index in [-0.39, 0.29) is 16.6 Å². The fraction of sp³-hybridized carbons (Fsp3) is 0.917. The largest absolute Gasteiger partial charge is 0.469 e. The molecule has 0 heterocycles. The molecule has 3 nitrogen and oxygen atoms in total. The van der Waals surface area contributed by atoms with Crippen LogP contribution in [0.3, 0.4) is 0 Å². The quantitative estimate of drug-likeness (QED) is 0.647. The molecule has 0 spiro atoms. The van der Waals surface area contributed by atoms with Gasteiger partial charge in [0.2, 0.25) is 0 Å². The van der Waals surface area contributed by atoms with Gasteiger partial charge in [-0.25, -0.2) is 0 Å². The molecule has 1 aliphatic rings. The number of esters is 1. The van der Waals surface area contributed by atoms with Crippen LogP contribution in [0.2, 0.25) is 0 Å². The zero-order valence-electron chi connectivity index (χ0n) is 10.5. The van der Waals surface area contributed by atoms with Crippen LogP contribution in [-0.2, 0) is 20.3 Å². The Kier molecular flexibility index (Phi) is 4.96. The van der Waals surface area contributed by atoms with E-state index in [0.717, 1.165) is 25.7 Å². The predicted octanol–water partition coefficient (Wildman–Crippen LogP) is 2.27. The number of rotatable bonds is 7. The van der Waals surface area contributed by atoms with Crippen LogP contribution in [0.4, 0.5) is 0 Å². The topological polar surface area (TPSA) is 43.4 Å². The maximum absolute atomic E-state index is 12.1. The van der Waals surface area contributed by atoms with E-state index in [9.17, 15) is 9.00 Å². The first-order valence-electron chi connectivity index (χ1n) is 6.01. The molecule has 0 aliphatic heterocycles. The summed E-state index contributed by atoms with van der Waals surface area (Å²) >= 11 is 0. The number of hydrogen-bond donors (Lipinski definition) is 0. The Morgan fingerprint density at radius 1 is 1.38 bits per heavy atom. The first kappa shape index (κ1) is 13.7. The summed E-state index contributed by atoms with van der Waals surface area (Å²) in [5.41, 5.74) is 0.000540. The fourth-order valence-corrected chi connectivity index (χ4v) is 3.98. The molecule has 16 heavy (non-hydrogen) atoms. The molecule has 1 unspecified atom stereocenters. The van der Waals surface area contributed by atoms with Crippen LogP contribution in [0.1, 0.15) is 46.0 Å². The lowest BCUT2D eigenvalue weighted by Crippen LogP contribution is -2.24. The summed E-state index contributed by atoms with van der Waals surface area (Å²) in [5.74, 6) is 0.507. The van der Waals surface area contributed by atoms with Crippen LogP contribution in [0.15, 0.2) is 0 Å². The second-order valence-corrected chi connectivity index (χ2v) is 6.43. The number of carbonyl (C=O) groups is 1. The predicted molar refractivity (Wildman–Crippen MR) is 65.7 cm³/mol. The van der Waals surface area contributed by atoms with E-state index in [4.69, 9.17) is 0 Å². The van der Waals surface area contributed by atoms with Gasteiger partial charge in [-0.1, -0.05) is 13.8 Å². The average molecular weight is 246 g/mol. The van der Waals surface area contributed by atoms with Crippen molar-refractivity contribution in [1.29, 1.82) is 0 Å². The van der Waals surface area contributed by atoms with E-state index >= 15 is 0 Å². The van der Waals surface area contributed by atoms with Gasteiger partial charge in [0.05, 0.1) is 13.5 Å². The second-order valence-electron chi connectivity index (χ2n) is 4.72. The van der Waals surface area contributed by atoms with E-state index in [1.165, 1.54) is 7.11 Å². The van der Waals surface area contributed by atoms with Gasteiger partial charge in [-0.3, -0.25) is 9.00 Å². The monoisotopic (exact) mass is 246 g/mol. The van der Waals surface area contributed by atoms with Crippen molar-refractivity contribution in [2.75, 3.05) is 12.9 Å². The van der Waals surface area contributed by atoms with Gasteiger partial charge in [0, 0.05) is 21.8 Å². The molecule has 1 rings (SSSR count). The van der Waals surface area contributed by atoms with Crippen LogP contribution in [-0.4, -0.2) is 28.3 Å². The van der Waals surface area contributed by atoms with Crippen molar-refractivity contribution in [2.24, 2.45) is 5.41 Å². The summed E-state index contributed by atoms with van der Waals surface area (Å²) in [7, 11) is 0.622. The summed E-state index contributed by atoms with van der Waals surface area (Å²) in [6.45, 7) is 4.15. The van der Waals surface area contributed by atoms with Crippen LogP contribution in [0.5, 0.6) is 0 Å². The van der Waals surface area contributed by atoms with Crippen LogP contribution in [0.25, 0.3) is 0 Å². The molecule has 4 heteroatoms. The molecule has 1 atom stereocenters. The maximum Gasteiger partial charge on any atom is 0.306 e. The first-order chi connectivity index (χ1) is 7.56. The van der Waals surface area contributed by atoms with E-state index in [1.54, 1.807) is 0 Å². The highest BCUT2D eigenvalue weighted by molar-refractivity contribution is 7.85. The van der Waals surface area contributed by atoms with E-state index in [1.807, 2.05) is 0 Å². The molecule has 0 aromatic heterocycles. The third-order valence-corrected chi connectivity index (χ3v) is 5.74. The highest BCUT2D eigenvalue weighted by Crippen LogP contribution is 2.50. The summed E-state index contributed by atoms with van der Waals surface area (Å²) in [6.07, 6.45) is 4.40. The maximum atomic E-state index is 12.1. The molecule has 1 saturated carbocycles.